The van der Waals surface area contributed by atoms with Gasteiger partial charge in [-0.3, -0.25) is 38.8 Å². The summed E-state index contributed by atoms with van der Waals surface area (Å²) in [6.45, 7) is 5.40. The number of hydrogen-bond acceptors (Lipinski definition) is 14. The molecule has 3 atom stereocenters. The molecular weight excluding hydrogens is 814 g/mol. The number of benzene rings is 1. The van der Waals surface area contributed by atoms with Gasteiger partial charge in [-0.05, 0) is 56.5 Å². The first kappa shape index (κ1) is 42.8. The molecule has 3 aliphatic rings. The summed E-state index contributed by atoms with van der Waals surface area (Å²) in [4.78, 5) is 78.2. The van der Waals surface area contributed by atoms with E-state index >= 15 is 0 Å². The van der Waals surface area contributed by atoms with Crippen LogP contribution in [0.2, 0.25) is 5.02 Å². The maximum atomic E-state index is 13.1. The third-order valence-corrected chi connectivity index (χ3v) is 12.4. The van der Waals surface area contributed by atoms with Gasteiger partial charge in [-0.25, -0.2) is 0 Å². The molecule has 2 fully saturated rings. The van der Waals surface area contributed by atoms with Gasteiger partial charge < -0.3 is 41.1 Å². The van der Waals surface area contributed by atoms with Crippen LogP contribution in [0.5, 0.6) is 5.75 Å². The van der Waals surface area contributed by atoms with E-state index in [1.54, 1.807) is 6.20 Å². The Bertz CT molecular complexity index is 2300. The van der Waals surface area contributed by atoms with E-state index < -0.39 is 23.8 Å². The fourth-order valence-electron chi connectivity index (χ4n) is 7.70. The fraction of sp³-hybridized carbons (Fsp3) is 0.488. The highest BCUT2D eigenvalue weighted by Crippen LogP contribution is 2.42. The van der Waals surface area contributed by atoms with Crippen molar-refractivity contribution in [3.63, 3.8) is 0 Å². The molecule has 17 nitrogen and oxygen atoms in total. The molecule has 4 aromatic rings. The molecule has 4 amide bonds. The lowest BCUT2D eigenvalue weighted by Crippen LogP contribution is -2.48. The molecule has 320 valence electrons. The summed E-state index contributed by atoms with van der Waals surface area (Å²) in [5, 5.41) is 31.9. The number of halogens is 1. The standard InChI is InChI=1S/C41H50ClN9O8S/c1-22-16-24(42)17-28(27-9-13-43-29-18-26(60-38(27)29)21-51-33(55)7-8-34(51)56)37(22)59-25-10-14-50(15-11-25)32(54)6-4-3-5-12-44-31(53)20-46-41-48-39-35(40(58)49-41)47-30(19-45-39)36(57)23(2)52/h9,13,16-18,23,25,30,36,47,52,57H,3-8,10-12,14-15,19-21H2,1-2H3,(H,44,53)(H3,45,46,48,49,58)/t23-,30+,36-/m0/s1. The van der Waals surface area contributed by atoms with E-state index in [0.717, 1.165) is 44.0 Å². The van der Waals surface area contributed by atoms with Crippen LogP contribution in [-0.2, 0) is 25.7 Å². The molecule has 0 radical (unpaired) electrons. The minimum atomic E-state index is -1.08. The van der Waals surface area contributed by atoms with Crippen molar-refractivity contribution < 1.29 is 34.1 Å². The van der Waals surface area contributed by atoms with Gasteiger partial charge in [-0.15, -0.1) is 11.3 Å². The summed E-state index contributed by atoms with van der Waals surface area (Å²) < 4.78 is 7.61. The smallest absolute Gasteiger partial charge is 0.277 e. The number of hydrogen-bond donors (Lipinski definition) is 7. The average molecular weight is 864 g/mol. The number of unbranched alkanes of at least 4 members (excludes halogenated alkanes) is 2. The molecule has 7 rings (SSSR count). The summed E-state index contributed by atoms with van der Waals surface area (Å²) in [6.07, 6.45) is 4.01. The lowest BCUT2D eigenvalue weighted by Gasteiger charge is -2.33. The fourth-order valence-corrected chi connectivity index (χ4v) is 9.11. The van der Waals surface area contributed by atoms with Gasteiger partial charge in [0.05, 0.1) is 35.5 Å². The van der Waals surface area contributed by atoms with Crippen LogP contribution in [0.4, 0.5) is 17.5 Å². The molecule has 1 aromatic carbocycles. The van der Waals surface area contributed by atoms with Crippen molar-refractivity contribution in [2.45, 2.75) is 96.1 Å². The molecule has 60 heavy (non-hydrogen) atoms. The maximum absolute atomic E-state index is 13.1. The lowest BCUT2D eigenvalue weighted by atomic mass is 10.0. The highest BCUT2D eigenvalue weighted by atomic mass is 35.5. The van der Waals surface area contributed by atoms with E-state index in [-0.39, 0.29) is 79.7 Å². The highest BCUT2D eigenvalue weighted by molar-refractivity contribution is 7.19. The number of rotatable bonds is 16. The van der Waals surface area contributed by atoms with Gasteiger partial charge in [0.15, 0.2) is 5.82 Å². The van der Waals surface area contributed by atoms with E-state index in [2.05, 4.69) is 36.2 Å². The number of aryl methyl sites for hydroxylation is 1. The lowest BCUT2D eigenvalue weighted by molar-refractivity contribution is -0.139. The first-order valence-corrected chi connectivity index (χ1v) is 21.5. The highest BCUT2D eigenvalue weighted by Gasteiger charge is 2.31. The number of carbonyl (C=O) groups excluding carboxylic acids is 4. The second-order valence-corrected chi connectivity index (χ2v) is 17.0. The number of ether oxygens (including phenoxy) is 1. The molecule has 3 aliphatic heterocycles. The number of aliphatic hydroxyl groups is 2. The molecule has 19 heteroatoms. The molecule has 0 bridgehead atoms. The molecule has 0 unspecified atom stereocenters. The van der Waals surface area contributed by atoms with E-state index in [9.17, 15) is 34.2 Å². The largest absolute Gasteiger partial charge is 0.489 e. The summed E-state index contributed by atoms with van der Waals surface area (Å²) in [7, 11) is 0. The van der Waals surface area contributed by atoms with E-state index in [1.165, 1.54) is 23.2 Å². The predicted molar refractivity (Wildman–Crippen MR) is 228 cm³/mol. The van der Waals surface area contributed by atoms with Crippen molar-refractivity contribution in [1.82, 2.24) is 30.1 Å². The molecule has 7 N–H and O–H groups in total. The minimum Gasteiger partial charge on any atom is -0.489 e. The number of anilines is 3. The van der Waals surface area contributed by atoms with E-state index in [1.807, 2.05) is 36.1 Å². The number of imide groups is 1. The van der Waals surface area contributed by atoms with E-state index in [4.69, 9.17) is 16.3 Å². The Hall–Kier alpha value is -5.30. The third-order valence-electron chi connectivity index (χ3n) is 11.0. The van der Waals surface area contributed by atoms with Crippen LogP contribution >= 0.6 is 22.9 Å². The Morgan fingerprint density at radius 2 is 1.83 bits per heavy atom. The maximum Gasteiger partial charge on any atom is 0.277 e. The van der Waals surface area contributed by atoms with Gasteiger partial charge in [0.25, 0.3) is 5.56 Å². The van der Waals surface area contributed by atoms with Crippen LogP contribution in [0.1, 0.15) is 68.7 Å². The number of aromatic nitrogens is 3. The zero-order valence-corrected chi connectivity index (χ0v) is 35.1. The predicted octanol–water partition coefficient (Wildman–Crippen LogP) is 3.76. The van der Waals surface area contributed by atoms with Crippen LogP contribution in [0.15, 0.2) is 35.3 Å². The van der Waals surface area contributed by atoms with Crippen molar-refractivity contribution in [3.05, 3.63) is 56.3 Å². The van der Waals surface area contributed by atoms with Crippen LogP contribution in [0.3, 0.4) is 0 Å². The van der Waals surface area contributed by atoms with Crippen molar-refractivity contribution >= 4 is 74.2 Å². The van der Waals surface area contributed by atoms with Gasteiger partial charge in [-0.1, -0.05) is 18.0 Å². The summed E-state index contributed by atoms with van der Waals surface area (Å²) in [6, 6.07) is 7.05. The number of aromatic amines is 1. The monoisotopic (exact) mass is 863 g/mol. The first-order chi connectivity index (χ1) is 28.8. The molecule has 0 saturated carbocycles. The zero-order valence-electron chi connectivity index (χ0n) is 33.5. The van der Waals surface area contributed by atoms with Gasteiger partial charge in [0.2, 0.25) is 29.6 Å². The van der Waals surface area contributed by atoms with Crippen molar-refractivity contribution in [3.8, 4) is 16.9 Å². The Morgan fingerprint density at radius 1 is 1.07 bits per heavy atom. The molecular formula is C41H50ClN9O8S. The Kier molecular flexibility index (Phi) is 13.5. The van der Waals surface area contributed by atoms with Crippen LogP contribution in [0.25, 0.3) is 21.3 Å². The van der Waals surface area contributed by atoms with E-state index in [0.29, 0.717) is 56.8 Å². The molecule has 6 heterocycles. The first-order valence-electron chi connectivity index (χ1n) is 20.3. The second-order valence-electron chi connectivity index (χ2n) is 15.5. The molecule has 2 saturated heterocycles. The number of H-pyrrole nitrogens is 1. The number of carbonyl (C=O) groups is 4. The summed E-state index contributed by atoms with van der Waals surface area (Å²) in [5.41, 5.74) is 3.06. The quantitative estimate of drug-likeness (QED) is 0.0630. The number of pyridine rings is 1. The number of thiophene rings is 1. The van der Waals surface area contributed by atoms with Gasteiger partial charge in [0, 0.05) is 85.5 Å². The number of piperidine rings is 1. The molecule has 0 spiro atoms. The van der Waals surface area contributed by atoms with Gasteiger partial charge >= 0.3 is 0 Å². The zero-order chi connectivity index (χ0) is 42.5. The molecule has 3 aromatic heterocycles. The van der Waals surface area contributed by atoms with Crippen LogP contribution in [0, 0.1) is 6.92 Å². The number of aliphatic hydroxyl groups excluding tert-OH is 2. The summed E-state index contributed by atoms with van der Waals surface area (Å²) >= 11 is 8.09. The number of likely N-dealkylation sites (tertiary alicyclic amines) is 2. The number of fused-ring (bicyclic) bond motifs is 2. The van der Waals surface area contributed by atoms with Crippen molar-refractivity contribution in [2.75, 3.05) is 48.7 Å². The minimum absolute atomic E-state index is 0.0981. The average Bonchev–Trinajstić information content (AvgIpc) is 3.80. The Balaban J connectivity index is 0.833. The van der Waals surface area contributed by atoms with Crippen molar-refractivity contribution in [2.24, 2.45) is 0 Å². The summed E-state index contributed by atoms with van der Waals surface area (Å²) in [5.74, 6) is 0.631. The SMILES string of the molecule is Cc1cc(Cl)cc(-c2ccnc3cc(CN4C(=O)CCC4=O)sc23)c1OC1CCN(C(=O)CCCCCNC(=O)CNc2nc3c(c(=O)[nH]2)N[C@@H]([C@@H](O)[C@H](C)O)CN3)CC1. The van der Waals surface area contributed by atoms with Crippen molar-refractivity contribution in [1.29, 1.82) is 0 Å². The topological polar surface area (TPSA) is 231 Å². The van der Waals surface area contributed by atoms with Crippen LogP contribution in [-0.4, -0.2) is 116 Å². The Morgan fingerprint density at radius 3 is 2.58 bits per heavy atom. The third kappa shape index (κ3) is 10.00. The number of amides is 4. The number of nitrogens with one attached hydrogen (secondary N) is 5. The number of nitrogens with zero attached hydrogens (tertiary/aromatic N) is 4. The van der Waals surface area contributed by atoms with Gasteiger partial charge in [-0.2, -0.15) is 4.98 Å². The molecule has 0 aliphatic carbocycles. The normalized spacial score (nSPS) is 17.9. The second kappa shape index (κ2) is 19.0. The Labute approximate surface area is 355 Å². The van der Waals surface area contributed by atoms with Gasteiger partial charge in [0.1, 0.15) is 23.6 Å². The van der Waals surface area contributed by atoms with Crippen LogP contribution < -0.4 is 31.6 Å².